The normalized spacial score (nSPS) is 21.1. The largest absolute Gasteiger partial charge is 0.507 e. The summed E-state index contributed by atoms with van der Waals surface area (Å²) in [5.74, 6) is 2.41. The highest BCUT2D eigenvalue weighted by atomic mass is 16.3. The number of carbonyl (C=O) groups excluding carboxylic acids is 1. The molecular weight excluding hydrogens is 364 g/mol. The predicted molar refractivity (Wildman–Crippen MR) is 118 cm³/mol. The van der Waals surface area contributed by atoms with Crippen molar-refractivity contribution in [2.75, 3.05) is 18.8 Å². The third-order valence-corrected chi connectivity index (χ3v) is 5.80. The van der Waals surface area contributed by atoms with E-state index in [4.69, 9.17) is 11.5 Å². The molecule has 2 aliphatic rings. The van der Waals surface area contributed by atoms with Gasteiger partial charge in [-0.1, -0.05) is 31.6 Å². The average molecular weight is 395 g/mol. The van der Waals surface area contributed by atoms with E-state index >= 15 is 0 Å². The molecule has 4 rings (SSSR count). The number of para-hydroxylation sites is 1. The number of aromatic amines is 1. The van der Waals surface area contributed by atoms with Gasteiger partial charge in [-0.15, -0.1) is 0 Å². The number of anilines is 1. The molecule has 1 aliphatic heterocycles. The zero-order valence-electron chi connectivity index (χ0n) is 16.7. The molecule has 6 N–H and O–H groups in total. The Morgan fingerprint density at radius 1 is 1.17 bits per heavy atom. The van der Waals surface area contributed by atoms with Crippen molar-refractivity contribution in [3.8, 4) is 5.75 Å². The molecule has 1 saturated carbocycles. The Kier molecular flexibility index (Phi) is 6.65. The van der Waals surface area contributed by atoms with Crippen molar-refractivity contribution in [2.45, 2.75) is 25.7 Å². The van der Waals surface area contributed by atoms with Gasteiger partial charge in [0.05, 0.1) is 0 Å². The molecular formula is C23H30N4O2. The summed E-state index contributed by atoms with van der Waals surface area (Å²) in [6.07, 6.45) is 10.3. The molecule has 1 aromatic heterocycles. The van der Waals surface area contributed by atoms with E-state index in [0.717, 1.165) is 30.5 Å². The second-order valence-electron chi connectivity index (χ2n) is 7.72. The Balaban J connectivity index is 0.000000169. The van der Waals surface area contributed by atoms with E-state index < -0.39 is 0 Å². The highest BCUT2D eigenvalue weighted by molar-refractivity contribution is 5.87. The number of nitrogens with zero attached hydrogens (tertiary/aromatic N) is 1. The van der Waals surface area contributed by atoms with E-state index in [1.165, 1.54) is 31.8 Å². The molecule has 2 fully saturated rings. The number of aromatic hydroxyl groups is 1. The average Bonchev–Trinajstić information content (AvgIpc) is 3.34. The minimum absolute atomic E-state index is 0.120. The summed E-state index contributed by atoms with van der Waals surface area (Å²) in [5.41, 5.74) is 13.5. The maximum atomic E-state index is 11.4. The fourth-order valence-electron chi connectivity index (χ4n) is 4.20. The Hall–Kier alpha value is -3.15. The number of nitrogen functional groups attached to an aromatic ring is 1. The number of hydrogen-bond donors (Lipinski definition) is 4. The van der Waals surface area contributed by atoms with Crippen LogP contribution in [0.3, 0.4) is 0 Å². The van der Waals surface area contributed by atoms with Crippen LogP contribution in [0.4, 0.5) is 5.82 Å². The van der Waals surface area contributed by atoms with Crippen LogP contribution in [0.5, 0.6) is 5.75 Å². The van der Waals surface area contributed by atoms with Gasteiger partial charge in [0.2, 0.25) is 5.91 Å². The highest BCUT2D eigenvalue weighted by Crippen LogP contribution is 2.35. The molecule has 6 heteroatoms. The number of carbonyl (C=O) groups is 1. The lowest BCUT2D eigenvalue weighted by atomic mass is 9.82. The molecule has 154 valence electrons. The standard InChI is InChI=1S/C12H13N3O.C11H17NO/c13-10(7-8-5-6-15-12(8)14)9-3-1-2-4-11(9)16;1-2-11(13)12-7-9-5-3-4-6-10(9)8-12/h1-7,15-16H,13-14H2;2,9-10H,1,3-8H2/b10-7-;. The van der Waals surface area contributed by atoms with Gasteiger partial charge >= 0.3 is 0 Å². The first-order valence-corrected chi connectivity index (χ1v) is 10.1. The van der Waals surface area contributed by atoms with Crippen LogP contribution < -0.4 is 11.5 Å². The number of likely N-dealkylation sites (tertiary alicyclic amines) is 1. The number of nitrogens with one attached hydrogen (secondary N) is 1. The minimum atomic E-state index is 0.120. The van der Waals surface area contributed by atoms with Crippen molar-refractivity contribution < 1.29 is 9.90 Å². The molecule has 1 amide bonds. The van der Waals surface area contributed by atoms with Gasteiger partial charge in [0.15, 0.2) is 0 Å². The van der Waals surface area contributed by atoms with Crippen LogP contribution in [0.15, 0.2) is 49.2 Å². The van der Waals surface area contributed by atoms with Crippen LogP contribution in [-0.2, 0) is 4.79 Å². The number of phenols is 1. The van der Waals surface area contributed by atoms with Gasteiger partial charge in [-0.3, -0.25) is 4.79 Å². The number of hydrogen-bond acceptors (Lipinski definition) is 4. The molecule has 2 aromatic rings. The Labute approximate surface area is 171 Å². The summed E-state index contributed by atoms with van der Waals surface area (Å²) in [6.45, 7) is 5.49. The number of benzene rings is 1. The van der Waals surface area contributed by atoms with Crippen LogP contribution >= 0.6 is 0 Å². The molecule has 2 atom stereocenters. The third-order valence-electron chi connectivity index (χ3n) is 5.80. The lowest BCUT2D eigenvalue weighted by Gasteiger charge is -2.22. The maximum absolute atomic E-state index is 11.4. The summed E-state index contributed by atoms with van der Waals surface area (Å²) >= 11 is 0. The van der Waals surface area contributed by atoms with Crippen LogP contribution in [0, 0.1) is 11.8 Å². The van der Waals surface area contributed by atoms with Gasteiger partial charge in [-0.05, 0) is 55.0 Å². The van der Waals surface area contributed by atoms with E-state index in [1.807, 2.05) is 17.0 Å². The van der Waals surface area contributed by atoms with Gasteiger partial charge in [-0.2, -0.15) is 0 Å². The fraction of sp³-hybridized carbons (Fsp3) is 0.348. The monoisotopic (exact) mass is 394 g/mol. The van der Waals surface area contributed by atoms with E-state index in [2.05, 4.69) is 11.6 Å². The molecule has 0 spiro atoms. The second kappa shape index (κ2) is 9.37. The van der Waals surface area contributed by atoms with Gasteiger partial charge in [0.25, 0.3) is 0 Å². The van der Waals surface area contributed by atoms with Crippen LogP contribution in [0.25, 0.3) is 11.8 Å². The van der Waals surface area contributed by atoms with Gasteiger partial charge in [-0.25, -0.2) is 0 Å². The maximum Gasteiger partial charge on any atom is 0.245 e. The lowest BCUT2D eigenvalue weighted by Crippen LogP contribution is -2.26. The van der Waals surface area contributed by atoms with Crippen molar-refractivity contribution in [3.63, 3.8) is 0 Å². The summed E-state index contributed by atoms with van der Waals surface area (Å²) in [6, 6.07) is 8.73. The molecule has 6 nitrogen and oxygen atoms in total. The van der Waals surface area contributed by atoms with Crippen molar-refractivity contribution in [3.05, 3.63) is 60.3 Å². The molecule has 29 heavy (non-hydrogen) atoms. The zero-order valence-corrected chi connectivity index (χ0v) is 16.7. The lowest BCUT2D eigenvalue weighted by molar-refractivity contribution is -0.125. The predicted octanol–water partition coefficient (Wildman–Crippen LogP) is 3.58. The van der Waals surface area contributed by atoms with Crippen molar-refractivity contribution in [1.29, 1.82) is 0 Å². The third kappa shape index (κ3) is 5.02. The number of nitrogens with two attached hydrogens (primary N) is 2. The molecule has 0 bridgehead atoms. The van der Waals surface area contributed by atoms with Gasteiger partial charge in [0.1, 0.15) is 11.6 Å². The number of amides is 1. The SMILES string of the molecule is C=CC(=O)N1CC2CCCCC2C1.N/C(=C\c1cc[nH]c1N)c1ccccc1O. The highest BCUT2D eigenvalue weighted by Gasteiger charge is 2.35. The molecule has 1 saturated heterocycles. The smallest absolute Gasteiger partial charge is 0.245 e. The quantitative estimate of drug-likeness (QED) is 0.597. The number of aromatic nitrogens is 1. The van der Waals surface area contributed by atoms with Crippen molar-refractivity contribution in [1.82, 2.24) is 9.88 Å². The fourth-order valence-corrected chi connectivity index (χ4v) is 4.20. The second-order valence-corrected chi connectivity index (χ2v) is 7.72. The van der Waals surface area contributed by atoms with E-state index in [1.54, 1.807) is 30.5 Å². The Morgan fingerprint density at radius 3 is 2.38 bits per heavy atom. The summed E-state index contributed by atoms with van der Waals surface area (Å²) < 4.78 is 0. The van der Waals surface area contributed by atoms with Gasteiger partial charge < -0.3 is 26.5 Å². The summed E-state index contributed by atoms with van der Waals surface area (Å²) in [4.78, 5) is 16.2. The van der Waals surface area contributed by atoms with Crippen LogP contribution in [0.2, 0.25) is 0 Å². The molecule has 1 aromatic carbocycles. The van der Waals surface area contributed by atoms with Gasteiger partial charge in [0, 0.05) is 36.1 Å². The minimum Gasteiger partial charge on any atom is -0.507 e. The molecule has 0 radical (unpaired) electrons. The zero-order chi connectivity index (χ0) is 20.8. The number of H-pyrrole nitrogens is 1. The van der Waals surface area contributed by atoms with Crippen LogP contribution in [-0.4, -0.2) is 34.0 Å². The summed E-state index contributed by atoms with van der Waals surface area (Å²) in [5, 5.41) is 9.62. The van der Waals surface area contributed by atoms with E-state index in [9.17, 15) is 9.90 Å². The topological polar surface area (TPSA) is 108 Å². The number of phenolic OH excluding ortho intramolecular Hbond substituents is 1. The first-order valence-electron chi connectivity index (χ1n) is 10.1. The number of rotatable bonds is 3. The number of fused-ring (bicyclic) bond motifs is 1. The Bertz CT molecular complexity index is 873. The Morgan fingerprint density at radius 2 is 1.83 bits per heavy atom. The molecule has 2 unspecified atom stereocenters. The molecule has 1 aliphatic carbocycles. The summed E-state index contributed by atoms with van der Waals surface area (Å²) in [7, 11) is 0. The molecule has 2 heterocycles. The first-order chi connectivity index (χ1) is 14.0. The van der Waals surface area contributed by atoms with Crippen molar-refractivity contribution >= 4 is 23.5 Å². The van der Waals surface area contributed by atoms with Crippen molar-refractivity contribution in [2.24, 2.45) is 17.6 Å². The van der Waals surface area contributed by atoms with E-state index in [-0.39, 0.29) is 11.7 Å². The van der Waals surface area contributed by atoms with E-state index in [0.29, 0.717) is 17.1 Å². The first kappa shape index (κ1) is 20.6. The van der Waals surface area contributed by atoms with Crippen LogP contribution in [0.1, 0.15) is 36.8 Å².